The molecule has 1 spiro atoms. The van der Waals surface area contributed by atoms with Gasteiger partial charge in [-0.15, -0.1) is 6.58 Å². The number of hydrogen-bond acceptors (Lipinski definition) is 7. The van der Waals surface area contributed by atoms with Crippen molar-refractivity contribution in [2.45, 2.75) is 39.0 Å². The van der Waals surface area contributed by atoms with Crippen molar-refractivity contribution in [2.75, 3.05) is 18.1 Å². The van der Waals surface area contributed by atoms with Gasteiger partial charge in [0.25, 0.3) is 0 Å². The largest absolute Gasteiger partial charge is 0.462 e. The molecule has 0 bridgehead atoms. The van der Waals surface area contributed by atoms with E-state index >= 15 is 0 Å². The Morgan fingerprint density at radius 2 is 2.00 bits per heavy atom. The minimum Gasteiger partial charge on any atom is -0.462 e. The molecule has 162 valence electrons. The Morgan fingerprint density at radius 3 is 2.68 bits per heavy atom. The van der Waals surface area contributed by atoms with Crippen LogP contribution in [0.4, 0.5) is 5.69 Å². The minimum absolute atomic E-state index is 0.0559. The van der Waals surface area contributed by atoms with Crippen LogP contribution in [0.2, 0.25) is 0 Å². The lowest BCUT2D eigenvalue weighted by atomic mass is 9.62. The lowest BCUT2D eigenvalue weighted by Gasteiger charge is -2.42. The molecular formula is C24H26N2O5. The molecule has 0 fully saturated rings. The maximum atomic E-state index is 13.6. The van der Waals surface area contributed by atoms with Crippen LogP contribution in [0.25, 0.3) is 0 Å². The normalized spacial score (nSPS) is 24.2. The summed E-state index contributed by atoms with van der Waals surface area (Å²) in [7, 11) is 0. The smallest absolute Gasteiger partial charge is 0.339 e. The Bertz CT molecular complexity index is 1080. The van der Waals surface area contributed by atoms with Gasteiger partial charge in [-0.3, -0.25) is 4.79 Å². The zero-order valence-electron chi connectivity index (χ0n) is 18.0. The number of Topliss-reactive ketones (excluding diaryl/α,β-unsaturated/α-hetero) is 1. The number of ketones is 1. The molecule has 2 N–H and O–H groups in total. The fourth-order valence-electron chi connectivity index (χ4n) is 4.94. The van der Waals surface area contributed by atoms with Crippen LogP contribution in [0.3, 0.4) is 0 Å². The predicted octanol–water partition coefficient (Wildman–Crippen LogP) is 2.86. The highest BCUT2D eigenvalue weighted by molar-refractivity contribution is 6.18. The van der Waals surface area contributed by atoms with Crippen LogP contribution in [-0.2, 0) is 29.3 Å². The number of hydrogen-bond donors (Lipinski definition) is 1. The lowest BCUT2D eigenvalue weighted by Crippen LogP contribution is -2.51. The first-order valence-corrected chi connectivity index (χ1v) is 10.3. The van der Waals surface area contributed by atoms with Gasteiger partial charge in [0.15, 0.2) is 11.2 Å². The third kappa shape index (κ3) is 2.83. The number of ether oxygens (including phenoxy) is 2. The fourth-order valence-corrected chi connectivity index (χ4v) is 4.94. The van der Waals surface area contributed by atoms with Crippen molar-refractivity contribution in [3.05, 3.63) is 65.2 Å². The Hall–Kier alpha value is -3.35. The number of benzene rings is 1. The van der Waals surface area contributed by atoms with E-state index in [2.05, 4.69) is 6.58 Å². The summed E-state index contributed by atoms with van der Waals surface area (Å²) < 4.78 is 11.0. The van der Waals surface area contributed by atoms with Crippen molar-refractivity contribution in [2.24, 2.45) is 11.1 Å². The number of anilines is 1. The van der Waals surface area contributed by atoms with Crippen LogP contribution >= 0.6 is 0 Å². The van der Waals surface area contributed by atoms with E-state index < -0.39 is 17.4 Å². The van der Waals surface area contributed by atoms with Crippen LogP contribution in [0.15, 0.2) is 59.6 Å². The summed E-state index contributed by atoms with van der Waals surface area (Å²) in [5.41, 5.74) is 5.64. The number of carbonyl (C=O) groups excluding carboxylic acids is 3. The lowest BCUT2D eigenvalue weighted by molar-refractivity contribution is -0.146. The fraction of sp³-hybridized carbons (Fsp3) is 0.375. The first kappa shape index (κ1) is 20.9. The monoisotopic (exact) mass is 422 g/mol. The number of allylic oxidation sites excluding steroid dienone is 1. The van der Waals surface area contributed by atoms with Crippen LogP contribution in [0, 0.1) is 5.41 Å². The number of esters is 2. The first-order valence-electron chi connectivity index (χ1n) is 10.3. The van der Waals surface area contributed by atoms with Crippen LogP contribution in [0.1, 0.15) is 39.2 Å². The van der Waals surface area contributed by atoms with Gasteiger partial charge in [0.2, 0.25) is 0 Å². The van der Waals surface area contributed by atoms with E-state index in [0.29, 0.717) is 30.0 Å². The van der Waals surface area contributed by atoms with Crippen molar-refractivity contribution in [1.82, 2.24) is 0 Å². The zero-order valence-corrected chi connectivity index (χ0v) is 18.0. The van der Waals surface area contributed by atoms with E-state index in [-0.39, 0.29) is 41.2 Å². The molecule has 31 heavy (non-hydrogen) atoms. The Labute approximate surface area is 181 Å². The van der Waals surface area contributed by atoms with E-state index in [9.17, 15) is 14.4 Å². The molecule has 1 aromatic carbocycles. The minimum atomic E-state index is -1.74. The molecule has 4 rings (SSSR count). The third-order valence-electron chi connectivity index (χ3n) is 6.05. The van der Waals surface area contributed by atoms with E-state index in [1.807, 2.05) is 19.9 Å². The molecule has 7 heteroatoms. The van der Waals surface area contributed by atoms with Gasteiger partial charge in [-0.25, -0.2) is 9.59 Å². The van der Waals surface area contributed by atoms with E-state index in [1.165, 1.54) is 0 Å². The predicted molar refractivity (Wildman–Crippen MR) is 115 cm³/mol. The van der Waals surface area contributed by atoms with Crippen molar-refractivity contribution >= 4 is 23.4 Å². The summed E-state index contributed by atoms with van der Waals surface area (Å²) >= 11 is 0. The topological polar surface area (TPSA) is 98.9 Å². The molecule has 7 nitrogen and oxygen atoms in total. The van der Waals surface area contributed by atoms with Gasteiger partial charge in [0.05, 0.1) is 12.2 Å². The van der Waals surface area contributed by atoms with Crippen molar-refractivity contribution in [3.63, 3.8) is 0 Å². The van der Waals surface area contributed by atoms with Crippen LogP contribution < -0.4 is 10.6 Å². The maximum absolute atomic E-state index is 13.6. The Kier molecular flexibility index (Phi) is 4.80. The molecule has 1 aromatic rings. The van der Waals surface area contributed by atoms with Gasteiger partial charge in [0, 0.05) is 30.6 Å². The summed E-state index contributed by atoms with van der Waals surface area (Å²) in [6, 6.07) is 7.12. The van der Waals surface area contributed by atoms with Crippen molar-refractivity contribution in [3.8, 4) is 0 Å². The number of carbonyl (C=O) groups is 3. The molecule has 0 amide bonds. The zero-order chi connectivity index (χ0) is 22.6. The molecule has 3 aliphatic rings. The molecule has 0 saturated carbocycles. The second-order valence-electron chi connectivity index (χ2n) is 8.78. The molecule has 0 unspecified atom stereocenters. The molecule has 1 atom stereocenters. The van der Waals surface area contributed by atoms with Crippen LogP contribution in [0.5, 0.6) is 0 Å². The molecule has 2 heterocycles. The van der Waals surface area contributed by atoms with Gasteiger partial charge >= 0.3 is 11.9 Å². The van der Waals surface area contributed by atoms with Gasteiger partial charge in [0.1, 0.15) is 17.2 Å². The number of nitrogens with zero attached hydrogens (tertiary/aromatic N) is 1. The average molecular weight is 422 g/mol. The molecule has 0 radical (unpaired) electrons. The standard InChI is InChI=1S/C24H26N2O5/c1-5-11-26-15-10-8-7-9-14(15)24(19(20(26)25)21(28)30-6-2)18-16(27)12-23(3,4)13-17(18)31-22(24)29/h5,7-10H,1,6,11-13,25H2,2-4H3/t24-/m1/s1. The van der Waals surface area contributed by atoms with Gasteiger partial charge in [-0.05, 0) is 18.4 Å². The second kappa shape index (κ2) is 7.11. The summed E-state index contributed by atoms with van der Waals surface area (Å²) in [4.78, 5) is 42.0. The van der Waals surface area contributed by atoms with Crippen molar-refractivity contribution < 1.29 is 23.9 Å². The maximum Gasteiger partial charge on any atom is 0.339 e. The first-order chi connectivity index (χ1) is 14.7. The number of para-hydroxylation sites is 1. The average Bonchev–Trinajstić information content (AvgIpc) is 2.96. The highest BCUT2D eigenvalue weighted by Crippen LogP contribution is 2.57. The van der Waals surface area contributed by atoms with E-state index in [0.717, 1.165) is 0 Å². The van der Waals surface area contributed by atoms with E-state index in [1.54, 1.807) is 36.1 Å². The quantitative estimate of drug-likeness (QED) is 0.588. The highest BCUT2D eigenvalue weighted by atomic mass is 16.5. The van der Waals surface area contributed by atoms with Crippen LogP contribution in [-0.4, -0.2) is 30.9 Å². The molecule has 0 aromatic heterocycles. The Balaban J connectivity index is 2.10. The summed E-state index contributed by atoms with van der Waals surface area (Å²) in [5, 5.41) is 0. The van der Waals surface area contributed by atoms with Gasteiger partial charge in [-0.2, -0.15) is 0 Å². The highest BCUT2D eigenvalue weighted by Gasteiger charge is 2.64. The van der Waals surface area contributed by atoms with Gasteiger partial charge in [-0.1, -0.05) is 38.1 Å². The number of fused-ring (bicyclic) bond motifs is 3. The number of nitrogens with two attached hydrogens (primary N) is 1. The SMILES string of the molecule is C=CCN1C(N)=C(C(=O)OCC)[C@@]2(C(=O)OC3=C2C(=O)CC(C)(C)C3)c2ccccc21. The van der Waals surface area contributed by atoms with E-state index in [4.69, 9.17) is 15.2 Å². The van der Waals surface area contributed by atoms with Crippen molar-refractivity contribution in [1.29, 1.82) is 0 Å². The third-order valence-corrected chi connectivity index (χ3v) is 6.05. The second-order valence-corrected chi connectivity index (χ2v) is 8.78. The summed E-state index contributed by atoms with van der Waals surface area (Å²) in [6.07, 6.45) is 2.30. The summed E-state index contributed by atoms with van der Waals surface area (Å²) in [5.74, 6) is -1.29. The van der Waals surface area contributed by atoms with Gasteiger partial charge < -0.3 is 20.1 Å². The number of rotatable bonds is 4. The Morgan fingerprint density at radius 1 is 1.29 bits per heavy atom. The molecule has 1 aliphatic carbocycles. The molecule has 0 saturated heterocycles. The summed E-state index contributed by atoms with van der Waals surface area (Å²) in [6.45, 7) is 9.75. The molecule has 2 aliphatic heterocycles. The molecular weight excluding hydrogens is 396 g/mol.